The molecule has 1 saturated heterocycles. The summed E-state index contributed by atoms with van der Waals surface area (Å²) in [7, 11) is 0. The van der Waals surface area contributed by atoms with Crippen molar-refractivity contribution in [2.45, 2.75) is 65.1 Å². The summed E-state index contributed by atoms with van der Waals surface area (Å²) >= 11 is 0. The number of carbonyl (C=O) groups is 2. The second-order valence-corrected chi connectivity index (χ2v) is 12.5. The number of rotatable bonds is 11. The van der Waals surface area contributed by atoms with Crippen molar-refractivity contribution in [1.82, 2.24) is 5.32 Å². The molecule has 238 valence electrons. The minimum absolute atomic E-state index is 0.148. The Morgan fingerprint density at radius 3 is 2.51 bits per heavy atom. The van der Waals surface area contributed by atoms with Crippen molar-refractivity contribution >= 4 is 23.0 Å². The Morgan fingerprint density at radius 2 is 1.76 bits per heavy atom. The van der Waals surface area contributed by atoms with E-state index in [9.17, 15) is 14.7 Å². The number of fused-ring (bicyclic) bond motifs is 1. The zero-order valence-electron chi connectivity index (χ0n) is 26.0. The third-order valence-electron chi connectivity index (χ3n) is 7.83. The van der Waals surface area contributed by atoms with Crippen LogP contribution in [0.15, 0.2) is 65.3 Å². The van der Waals surface area contributed by atoms with Gasteiger partial charge in [-0.15, -0.1) is 0 Å². The Kier molecular flexibility index (Phi) is 10.1. The molecular weight excluding hydrogens is 577 g/mol. The number of carboxylic acids is 1. The highest BCUT2D eigenvalue weighted by molar-refractivity contribution is 5.89. The van der Waals surface area contributed by atoms with E-state index in [1.54, 1.807) is 63.4 Å². The monoisotopic (exact) mass is 617 g/mol. The Balaban J connectivity index is 1.44. The molecule has 1 fully saturated rings. The normalized spacial score (nSPS) is 14.0. The fourth-order valence-corrected chi connectivity index (χ4v) is 5.66. The van der Waals surface area contributed by atoms with Crippen LogP contribution in [0.1, 0.15) is 55.9 Å². The summed E-state index contributed by atoms with van der Waals surface area (Å²) in [5.41, 5.74) is 4.14. The van der Waals surface area contributed by atoms with Crippen molar-refractivity contribution in [3.05, 3.63) is 88.9 Å². The number of hydrogen-bond donors (Lipinski definition) is 2. The highest BCUT2D eigenvalue weighted by Gasteiger charge is 2.22. The number of aliphatic carboxylic acids is 1. The molecule has 0 spiro atoms. The van der Waals surface area contributed by atoms with E-state index in [1.807, 2.05) is 18.2 Å². The first-order valence-electron chi connectivity index (χ1n) is 15.3. The van der Waals surface area contributed by atoms with Crippen LogP contribution in [-0.4, -0.2) is 42.5 Å². The van der Waals surface area contributed by atoms with Crippen LogP contribution in [0.5, 0.6) is 5.75 Å². The average molecular weight is 618 g/mol. The maximum Gasteiger partial charge on any atom is 0.407 e. The molecule has 0 unspecified atom stereocenters. The second kappa shape index (κ2) is 14.2. The predicted octanol–water partition coefficient (Wildman–Crippen LogP) is 7.48. The molecule has 0 radical (unpaired) electrons. The molecule has 2 N–H and O–H groups in total. The van der Waals surface area contributed by atoms with Crippen molar-refractivity contribution in [2.24, 2.45) is 5.92 Å². The first-order chi connectivity index (χ1) is 21.6. The van der Waals surface area contributed by atoms with Crippen LogP contribution in [0.3, 0.4) is 0 Å². The number of carbonyl (C=O) groups excluding carboxylic acids is 1. The number of halogens is 1. The zero-order chi connectivity index (χ0) is 32.0. The minimum Gasteiger partial charge on any atom is -0.488 e. The third kappa shape index (κ3) is 8.42. The molecule has 9 heteroatoms. The van der Waals surface area contributed by atoms with Crippen LogP contribution < -0.4 is 10.1 Å². The van der Waals surface area contributed by atoms with Gasteiger partial charge in [-0.3, -0.25) is 4.79 Å². The van der Waals surface area contributed by atoms with Gasteiger partial charge in [0, 0.05) is 41.8 Å². The molecule has 5 rings (SSSR count). The molecule has 8 nitrogen and oxygen atoms in total. The van der Waals surface area contributed by atoms with Crippen molar-refractivity contribution in [3.63, 3.8) is 0 Å². The smallest absolute Gasteiger partial charge is 0.407 e. The van der Waals surface area contributed by atoms with Gasteiger partial charge < -0.3 is 29.1 Å². The zero-order valence-corrected chi connectivity index (χ0v) is 26.0. The van der Waals surface area contributed by atoms with Crippen LogP contribution in [0.25, 0.3) is 22.1 Å². The highest BCUT2D eigenvalue weighted by atomic mass is 19.1. The molecule has 0 saturated carbocycles. The standard InChI is InChI=1S/C36H40FNO7/c1-36(2,3)45-35(41)38-14-11-24-8-6-9-29(33(24)37)26-18-27(17-23-12-15-42-16-13-23)34-30(19-26)28(22-44-34)21-43-31-10-5-4-7-25(31)20-32(39)40/h4-10,18-19,22-23H,11-17,20-21H2,1-3H3,(H,38,41)(H,39,40). The minimum atomic E-state index is -0.938. The number of para-hydroxylation sites is 1. The number of alkyl carbamates (subject to hydrolysis) is 1. The van der Waals surface area contributed by atoms with Crippen molar-refractivity contribution in [1.29, 1.82) is 0 Å². The van der Waals surface area contributed by atoms with E-state index in [0.29, 0.717) is 48.0 Å². The summed E-state index contributed by atoms with van der Waals surface area (Å²) in [5.74, 6) is -0.373. The van der Waals surface area contributed by atoms with Crippen LogP contribution in [-0.2, 0) is 40.1 Å². The average Bonchev–Trinajstić information content (AvgIpc) is 3.40. The van der Waals surface area contributed by atoms with Crippen molar-refractivity contribution < 1.29 is 37.7 Å². The molecule has 1 aromatic heterocycles. The number of hydrogen-bond acceptors (Lipinski definition) is 6. The largest absolute Gasteiger partial charge is 0.488 e. The van der Waals surface area contributed by atoms with Gasteiger partial charge in [-0.05, 0) is 87.3 Å². The first kappa shape index (κ1) is 32.0. The molecule has 1 aliphatic rings. The van der Waals surface area contributed by atoms with Gasteiger partial charge in [-0.2, -0.15) is 0 Å². The molecule has 4 aromatic rings. The quantitative estimate of drug-likeness (QED) is 0.180. The fraction of sp³-hybridized carbons (Fsp3) is 0.389. The number of nitrogens with one attached hydrogen (secondary N) is 1. The molecule has 1 aliphatic heterocycles. The summed E-state index contributed by atoms with van der Waals surface area (Å²) in [5, 5.41) is 12.8. The molecule has 3 aromatic carbocycles. The lowest BCUT2D eigenvalue weighted by Gasteiger charge is -2.22. The lowest BCUT2D eigenvalue weighted by atomic mass is 9.89. The van der Waals surface area contributed by atoms with Crippen molar-refractivity contribution in [3.8, 4) is 16.9 Å². The Bertz CT molecular complexity index is 1650. The molecule has 45 heavy (non-hydrogen) atoms. The lowest BCUT2D eigenvalue weighted by Crippen LogP contribution is -2.33. The van der Waals surface area contributed by atoms with E-state index in [2.05, 4.69) is 5.32 Å². The molecule has 2 heterocycles. The molecule has 1 amide bonds. The number of ether oxygens (including phenoxy) is 3. The second-order valence-electron chi connectivity index (χ2n) is 12.5. The van der Waals surface area contributed by atoms with Gasteiger partial charge in [0.15, 0.2) is 0 Å². The van der Waals surface area contributed by atoms with Gasteiger partial charge in [-0.1, -0.05) is 36.4 Å². The number of amides is 1. The molecule has 0 bridgehead atoms. The van der Waals surface area contributed by atoms with E-state index in [4.69, 9.17) is 18.6 Å². The van der Waals surface area contributed by atoms with E-state index in [0.717, 1.165) is 46.9 Å². The predicted molar refractivity (Wildman–Crippen MR) is 169 cm³/mol. The summed E-state index contributed by atoms with van der Waals surface area (Å²) in [6, 6.07) is 16.3. The third-order valence-corrected chi connectivity index (χ3v) is 7.83. The molecule has 0 atom stereocenters. The lowest BCUT2D eigenvalue weighted by molar-refractivity contribution is -0.136. The molecule has 0 aliphatic carbocycles. The number of furan rings is 1. The Labute approximate surface area is 262 Å². The van der Waals surface area contributed by atoms with E-state index in [1.165, 1.54) is 0 Å². The number of benzene rings is 3. The SMILES string of the molecule is CC(C)(C)OC(=O)NCCc1cccc(-c2cc(CC3CCOCC3)c3occ(COc4ccccc4CC(=O)O)c3c2)c1F. The van der Waals surface area contributed by atoms with Gasteiger partial charge in [0.25, 0.3) is 0 Å². The van der Waals surface area contributed by atoms with Crippen LogP contribution in [0.2, 0.25) is 0 Å². The maximum atomic E-state index is 16.0. The fourth-order valence-electron chi connectivity index (χ4n) is 5.66. The van der Waals surface area contributed by atoms with Gasteiger partial charge in [-0.25, -0.2) is 9.18 Å². The van der Waals surface area contributed by atoms with Crippen LogP contribution in [0, 0.1) is 11.7 Å². The van der Waals surface area contributed by atoms with Crippen molar-refractivity contribution in [2.75, 3.05) is 19.8 Å². The topological polar surface area (TPSA) is 107 Å². The maximum absolute atomic E-state index is 16.0. The Hall–Kier alpha value is -4.37. The summed E-state index contributed by atoms with van der Waals surface area (Å²) in [6.45, 7) is 7.19. The van der Waals surface area contributed by atoms with Gasteiger partial charge in [0.05, 0.1) is 12.7 Å². The van der Waals surface area contributed by atoms with Crippen LogP contribution >= 0.6 is 0 Å². The first-order valence-corrected chi connectivity index (χ1v) is 15.3. The van der Waals surface area contributed by atoms with E-state index in [-0.39, 0.29) is 25.4 Å². The van der Waals surface area contributed by atoms with Crippen LogP contribution in [0.4, 0.5) is 9.18 Å². The van der Waals surface area contributed by atoms with E-state index >= 15 is 4.39 Å². The summed E-state index contributed by atoms with van der Waals surface area (Å²) < 4.78 is 39.1. The summed E-state index contributed by atoms with van der Waals surface area (Å²) in [4.78, 5) is 23.4. The number of carboxylic acid groups (broad SMARTS) is 1. The molecular formula is C36H40FNO7. The van der Waals surface area contributed by atoms with Gasteiger partial charge in [0.1, 0.15) is 29.4 Å². The highest BCUT2D eigenvalue weighted by Crippen LogP contribution is 2.36. The van der Waals surface area contributed by atoms with Gasteiger partial charge in [0.2, 0.25) is 0 Å². The van der Waals surface area contributed by atoms with Gasteiger partial charge >= 0.3 is 12.1 Å². The summed E-state index contributed by atoms with van der Waals surface area (Å²) in [6.07, 6.45) is 3.93. The van der Waals surface area contributed by atoms with E-state index < -0.39 is 17.7 Å². The Morgan fingerprint density at radius 1 is 1.00 bits per heavy atom.